The van der Waals surface area contributed by atoms with Crippen LogP contribution in [-0.4, -0.2) is 47.7 Å². The minimum atomic E-state index is -0.432. The molecule has 0 aromatic rings. The fourth-order valence-corrected chi connectivity index (χ4v) is 4.47. The molecule has 3 fully saturated rings. The molecule has 0 N–H and O–H groups in total. The zero-order valence-electron chi connectivity index (χ0n) is 15.7. The SMILES string of the molecule is C[C@H]1CC[C@@H](CC2CCC3(CC2)OCCO3)N1C(=O)OC(C)(C)C. The molecule has 5 heteroatoms. The van der Waals surface area contributed by atoms with E-state index < -0.39 is 5.60 Å². The van der Waals surface area contributed by atoms with Crippen LogP contribution in [0.5, 0.6) is 0 Å². The largest absolute Gasteiger partial charge is 0.444 e. The lowest BCUT2D eigenvalue weighted by Gasteiger charge is -2.38. The quantitative estimate of drug-likeness (QED) is 0.760. The Morgan fingerprint density at radius 3 is 2.33 bits per heavy atom. The lowest BCUT2D eigenvalue weighted by Crippen LogP contribution is -2.44. The van der Waals surface area contributed by atoms with Crippen molar-refractivity contribution in [3.8, 4) is 0 Å². The maximum Gasteiger partial charge on any atom is 0.410 e. The predicted molar refractivity (Wildman–Crippen MR) is 91.8 cm³/mol. The maximum absolute atomic E-state index is 12.6. The molecule has 138 valence electrons. The van der Waals surface area contributed by atoms with E-state index in [-0.39, 0.29) is 17.9 Å². The van der Waals surface area contributed by atoms with Gasteiger partial charge in [-0.15, -0.1) is 0 Å². The third-order valence-corrected chi connectivity index (χ3v) is 5.68. The lowest BCUT2D eigenvalue weighted by molar-refractivity contribution is -0.183. The van der Waals surface area contributed by atoms with Crippen molar-refractivity contribution in [1.29, 1.82) is 0 Å². The Bertz CT molecular complexity index is 443. The molecule has 0 bridgehead atoms. The van der Waals surface area contributed by atoms with Gasteiger partial charge >= 0.3 is 6.09 Å². The highest BCUT2D eigenvalue weighted by atomic mass is 16.7. The summed E-state index contributed by atoms with van der Waals surface area (Å²) in [4.78, 5) is 14.6. The summed E-state index contributed by atoms with van der Waals surface area (Å²) < 4.78 is 17.3. The number of rotatable bonds is 2. The van der Waals surface area contributed by atoms with Gasteiger partial charge < -0.3 is 19.1 Å². The molecule has 0 unspecified atom stereocenters. The average Bonchev–Trinajstić information content (AvgIpc) is 3.07. The summed E-state index contributed by atoms with van der Waals surface area (Å²) in [5.74, 6) is 0.369. The average molecular weight is 339 g/mol. The van der Waals surface area contributed by atoms with Crippen LogP contribution >= 0.6 is 0 Å². The summed E-state index contributed by atoms with van der Waals surface area (Å²) in [6, 6.07) is 0.598. The normalized spacial score (nSPS) is 30.9. The first-order valence-corrected chi connectivity index (χ1v) is 9.57. The monoisotopic (exact) mass is 339 g/mol. The number of ether oxygens (including phenoxy) is 3. The van der Waals surface area contributed by atoms with E-state index in [9.17, 15) is 4.79 Å². The van der Waals surface area contributed by atoms with Gasteiger partial charge in [0.15, 0.2) is 5.79 Å². The van der Waals surface area contributed by atoms with Gasteiger partial charge in [-0.2, -0.15) is 0 Å². The van der Waals surface area contributed by atoms with Crippen LogP contribution in [-0.2, 0) is 14.2 Å². The summed E-state index contributed by atoms with van der Waals surface area (Å²) in [6.45, 7) is 9.41. The first-order chi connectivity index (χ1) is 11.3. The standard InChI is InChI=1S/C19H33NO4/c1-14-5-6-16(20(14)17(21)24-18(2,3)4)13-15-7-9-19(10-8-15)22-11-12-23-19/h14-16H,5-13H2,1-4H3/t14-,16-/m0/s1. The third kappa shape index (κ3) is 4.05. The molecule has 1 saturated carbocycles. The van der Waals surface area contributed by atoms with Crippen LogP contribution in [0.1, 0.15) is 72.6 Å². The zero-order chi connectivity index (χ0) is 17.4. The van der Waals surface area contributed by atoms with Crippen molar-refractivity contribution in [3.63, 3.8) is 0 Å². The Morgan fingerprint density at radius 1 is 1.12 bits per heavy atom. The van der Waals surface area contributed by atoms with Crippen molar-refractivity contribution in [1.82, 2.24) is 4.90 Å². The van der Waals surface area contributed by atoms with Crippen molar-refractivity contribution >= 4 is 6.09 Å². The molecule has 2 saturated heterocycles. The second-order valence-corrected chi connectivity index (χ2v) is 8.75. The van der Waals surface area contributed by atoms with Gasteiger partial charge in [0.2, 0.25) is 0 Å². The number of hydrogen-bond donors (Lipinski definition) is 0. The first-order valence-electron chi connectivity index (χ1n) is 9.57. The Balaban J connectivity index is 1.55. The molecule has 1 amide bonds. The van der Waals surface area contributed by atoms with Crippen molar-refractivity contribution in [2.24, 2.45) is 5.92 Å². The molecule has 2 atom stereocenters. The molecule has 3 aliphatic rings. The van der Waals surface area contributed by atoms with Gasteiger partial charge in [-0.1, -0.05) is 0 Å². The smallest absolute Gasteiger partial charge is 0.410 e. The van der Waals surface area contributed by atoms with Crippen molar-refractivity contribution in [3.05, 3.63) is 0 Å². The minimum absolute atomic E-state index is 0.146. The van der Waals surface area contributed by atoms with Gasteiger partial charge in [-0.05, 0) is 65.7 Å². The molecule has 2 heterocycles. The van der Waals surface area contributed by atoms with E-state index in [1.54, 1.807) is 0 Å². The van der Waals surface area contributed by atoms with Crippen LogP contribution in [0.15, 0.2) is 0 Å². The Morgan fingerprint density at radius 2 is 1.75 bits per heavy atom. The second-order valence-electron chi connectivity index (χ2n) is 8.75. The molecule has 3 rings (SSSR count). The Kier molecular flexibility index (Phi) is 5.12. The van der Waals surface area contributed by atoms with Crippen LogP contribution in [0, 0.1) is 5.92 Å². The summed E-state index contributed by atoms with van der Waals surface area (Å²) in [5, 5.41) is 0. The van der Waals surface area contributed by atoms with Crippen LogP contribution < -0.4 is 0 Å². The first kappa shape index (κ1) is 18.0. The van der Waals surface area contributed by atoms with E-state index in [0.717, 1.165) is 58.2 Å². The molecule has 5 nitrogen and oxygen atoms in total. The summed E-state index contributed by atoms with van der Waals surface area (Å²) in [6.07, 6.45) is 7.35. The fraction of sp³-hybridized carbons (Fsp3) is 0.947. The minimum Gasteiger partial charge on any atom is -0.444 e. The highest BCUT2D eigenvalue weighted by Gasteiger charge is 2.43. The van der Waals surface area contributed by atoms with Gasteiger partial charge in [0.1, 0.15) is 5.60 Å². The molecular weight excluding hydrogens is 306 g/mol. The molecule has 0 aromatic heterocycles. The molecule has 2 aliphatic heterocycles. The highest BCUT2D eigenvalue weighted by Crippen LogP contribution is 2.41. The lowest BCUT2D eigenvalue weighted by atomic mass is 9.81. The Hall–Kier alpha value is -0.810. The van der Waals surface area contributed by atoms with E-state index in [1.807, 2.05) is 25.7 Å². The molecule has 1 spiro atoms. The third-order valence-electron chi connectivity index (χ3n) is 5.68. The van der Waals surface area contributed by atoms with E-state index in [2.05, 4.69) is 6.92 Å². The van der Waals surface area contributed by atoms with Crippen molar-refractivity contribution in [2.75, 3.05) is 13.2 Å². The molecular formula is C19H33NO4. The maximum atomic E-state index is 12.6. The van der Waals surface area contributed by atoms with Crippen LogP contribution in [0.4, 0.5) is 4.79 Å². The number of hydrogen-bond acceptors (Lipinski definition) is 4. The topological polar surface area (TPSA) is 48.0 Å². The van der Waals surface area contributed by atoms with Crippen LogP contribution in [0.2, 0.25) is 0 Å². The molecule has 0 radical (unpaired) electrons. The highest BCUT2D eigenvalue weighted by molar-refractivity contribution is 5.69. The van der Waals surface area contributed by atoms with E-state index in [0.29, 0.717) is 12.0 Å². The number of carbonyl (C=O) groups excluding carboxylic acids is 1. The van der Waals surface area contributed by atoms with E-state index >= 15 is 0 Å². The number of nitrogens with zero attached hydrogens (tertiary/aromatic N) is 1. The van der Waals surface area contributed by atoms with Crippen LogP contribution in [0.3, 0.4) is 0 Å². The predicted octanol–water partition coefficient (Wildman–Crippen LogP) is 4.10. The van der Waals surface area contributed by atoms with Gasteiger partial charge in [-0.3, -0.25) is 0 Å². The van der Waals surface area contributed by atoms with E-state index in [1.165, 1.54) is 0 Å². The zero-order valence-corrected chi connectivity index (χ0v) is 15.7. The molecule has 0 aromatic carbocycles. The summed E-state index contributed by atoms with van der Waals surface area (Å²) >= 11 is 0. The summed E-state index contributed by atoms with van der Waals surface area (Å²) in [7, 11) is 0. The fourth-order valence-electron chi connectivity index (χ4n) is 4.47. The Labute approximate surface area is 146 Å². The van der Waals surface area contributed by atoms with E-state index in [4.69, 9.17) is 14.2 Å². The second kappa shape index (κ2) is 6.83. The number of likely N-dealkylation sites (tertiary alicyclic amines) is 1. The van der Waals surface area contributed by atoms with Gasteiger partial charge in [0.25, 0.3) is 0 Å². The molecule has 24 heavy (non-hydrogen) atoms. The van der Waals surface area contributed by atoms with Gasteiger partial charge in [0.05, 0.1) is 13.2 Å². The van der Waals surface area contributed by atoms with Gasteiger partial charge in [0, 0.05) is 24.9 Å². The molecule has 1 aliphatic carbocycles. The summed E-state index contributed by atoms with van der Waals surface area (Å²) in [5.41, 5.74) is -0.432. The van der Waals surface area contributed by atoms with Gasteiger partial charge in [-0.25, -0.2) is 4.79 Å². The van der Waals surface area contributed by atoms with Crippen molar-refractivity contribution in [2.45, 2.75) is 96.1 Å². The van der Waals surface area contributed by atoms with Crippen molar-refractivity contribution < 1.29 is 19.0 Å². The number of amides is 1. The number of carbonyl (C=O) groups is 1. The van der Waals surface area contributed by atoms with Crippen LogP contribution in [0.25, 0.3) is 0 Å².